The van der Waals surface area contributed by atoms with Crippen LogP contribution in [-0.4, -0.2) is 11.6 Å². The van der Waals surface area contributed by atoms with E-state index in [0.29, 0.717) is 0 Å². The third kappa shape index (κ3) is 2.31. The first-order chi connectivity index (χ1) is 5.20. The van der Waals surface area contributed by atoms with Crippen LogP contribution in [0.5, 0.6) is 5.75 Å². The van der Waals surface area contributed by atoms with Crippen molar-refractivity contribution in [2.45, 2.75) is 6.61 Å². The first-order valence-electron chi connectivity index (χ1n) is 2.74. The van der Waals surface area contributed by atoms with E-state index in [1.807, 2.05) is 0 Å². The average Bonchev–Trinajstić information content (AvgIpc) is 1.93. The quantitative estimate of drug-likeness (QED) is 0.695. The summed E-state index contributed by atoms with van der Waals surface area (Å²) in [5.41, 5.74) is 0. The highest BCUT2D eigenvalue weighted by atomic mass is 35.5. The zero-order chi connectivity index (χ0) is 8.27. The molecule has 0 spiro atoms. The molecule has 0 bridgehead atoms. The highest BCUT2D eigenvalue weighted by Gasteiger charge is 2.06. The Morgan fingerprint density at radius 1 is 1.55 bits per heavy atom. The molecule has 0 saturated heterocycles. The second kappa shape index (κ2) is 3.48. The van der Waals surface area contributed by atoms with E-state index in [-0.39, 0.29) is 10.8 Å². The molecule has 0 aliphatic carbocycles. The summed E-state index contributed by atoms with van der Waals surface area (Å²) in [6.07, 6.45) is 2.52. The molecule has 1 heterocycles. The van der Waals surface area contributed by atoms with Crippen molar-refractivity contribution in [2.75, 3.05) is 0 Å². The van der Waals surface area contributed by atoms with Crippen LogP contribution in [0.25, 0.3) is 0 Å². The number of alkyl halides is 2. The fourth-order valence-corrected chi connectivity index (χ4v) is 0.695. The molecular formula is C6H4ClF2NO. The molecule has 0 fully saturated rings. The number of pyridine rings is 1. The van der Waals surface area contributed by atoms with Crippen LogP contribution in [-0.2, 0) is 0 Å². The summed E-state index contributed by atoms with van der Waals surface area (Å²) in [6.45, 7) is -2.86. The highest BCUT2D eigenvalue weighted by Crippen LogP contribution is 2.23. The van der Waals surface area contributed by atoms with Gasteiger partial charge in [0.25, 0.3) is 0 Å². The normalized spacial score (nSPS) is 10.2. The molecule has 0 amide bonds. The fourth-order valence-electron chi connectivity index (χ4n) is 0.546. The van der Waals surface area contributed by atoms with Crippen molar-refractivity contribution in [1.82, 2.24) is 4.98 Å². The lowest BCUT2D eigenvalue weighted by Crippen LogP contribution is -2.02. The van der Waals surface area contributed by atoms with Crippen LogP contribution < -0.4 is 4.74 Å². The molecule has 0 N–H and O–H groups in total. The van der Waals surface area contributed by atoms with E-state index in [9.17, 15) is 8.78 Å². The molecule has 0 aromatic carbocycles. The summed E-state index contributed by atoms with van der Waals surface area (Å²) in [7, 11) is 0. The van der Waals surface area contributed by atoms with Gasteiger partial charge < -0.3 is 4.74 Å². The van der Waals surface area contributed by atoms with Gasteiger partial charge in [0.15, 0.2) is 5.75 Å². The monoisotopic (exact) mass is 179 g/mol. The maximum atomic E-state index is 11.6. The summed E-state index contributed by atoms with van der Waals surface area (Å²) in [5, 5.41) is 0.125. The van der Waals surface area contributed by atoms with Gasteiger partial charge in [-0.25, -0.2) is 0 Å². The van der Waals surface area contributed by atoms with Gasteiger partial charge in [-0.3, -0.25) is 4.98 Å². The van der Waals surface area contributed by atoms with E-state index in [1.165, 1.54) is 12.3 Å². The van der Waals surface area contributed by atoms with E-state index in [4.69, 9.17) is 11.6 Å². The molecule has 5 heteroatoms. The highest BCUT2D eigenvalue weighted by molar-refractivity contribution is 6.31. The zero-order valence-corrected chi connectivity index (χ0v) is 6.05. The number of aromatic nitrogens is 1. The molecule has 1 aromatic rings. The maximum absolute atomic E-state index is 11.6. The van der Waals surface area contributed by atoms with Crippen LogP contribution in [0.1, 0.15) is 0 Å². The van der Waals surface area contributed by atoms with Crippen LogP contribution in [0.15, 0.2) is 18.5 Å². The number of hydrogen-bond acceptors (Lipinski definition) is 2. The average molecular weight is 180 g/mol. The molecule has 0 saturated carbocycles. The first-order valence-corrected chi connectivity index (χ1v) is 3.12. The van der Waals surface area contributed by atoms with Gasteiger partial charge >= 0.3 is 6.61 Å². The molecular weight excluding hydrogens is 176 g/mol. The molecule has 1 aromatic heterocycles. The van der Waals surface area contributed by atoms with Gasteiger partial charge in [-0.1, -0.05) is 11.6 Å². The van der Waals surface area contributed by atoms with Crippen molar-refractivity contribution in [1.29, 1.82) is 0 Å². The van der Waals surface area contributed by atoms with Crippen molar-refractivity contribution in [3.63, 3.8) is 0 Å². The summed E-state index contributed by atoms with van der Waals surface area (Å²) in [6, 6.07) is 1.37. The molecule has 1 rings (SSSR count). The molecule has 0 atom stereocenters. The standard InChI is InChI=1S/C6H4ClF2NO/c7-4-1-2-10-3-5(4)11-6(8)9/h1-3,6H. The Balaban J connectivity index is 2.78. The molecule has 0 aliphatic rings. The predicted molar refractivity (Wildman–Crippen MR) is 35.9 cm³/mol. The first kappa shape index (κ1) is 8.20. The lowest BCUT2D eigenvalue weighted by molar-refractivity contribution is -0.0500. The van der Waals surface area contributed by atoms with Gasteiger partial charge in [0, 0.05) is 6.20 Å². The Labute approximate surface area is 66.8 Å². The maximum Gasteiger partial charge on any atom is 0.387 e. The Morgan fingerprint density at radius 3 is 2.82 bits per heavy atom. The molecule has 2 nitrogen and oxygen atoms in total. The van der Waals surface area contributed by atoms with Crippen LogP contribution in [0.4, 0.5) is 8.78 Å². The minimum absolute atomic E-state index is 0.107. The van der Waals surface area contributed by atoms with Crippen LogP contribution in [0, 0.1) is 0 Å². The van der Waals surface area contributed by atoms with Gasteiger partial charge in [-0.05, 0) is 6.07 Å². The second-order valence-corrected chi connectivity index (χ2v) is 2.09. The van der Waals surface area contributed by atoms with Crippen molar-refractivity contribution in [3.05, 3.63) is 23.5 Å². The molecule has 60 valence electrons. The Bertz CT molecular complexity index is 244. The summed E-state index contributed by atoms with van der Waals surface area (Å²) < 4.78 is 27.2. The fraction of sp³-hybridized carbons (Fsp3) is 0.167. The molecule has 0 radical (unpaired) electrons. The van der Waals surface area contributed by atoms with Crippen molar-refractivity contribution in [2.24, 2.45) is 0 Å². The van der Waals surface area contributed by atoms with Crippen LogP contribution in [0.3, 0.4) is 0 Å². The van der Waals surface area contributed by atoms with E-state index in [2.05, 4.69) is 9.72 Å². The number of rotatable bonds is 2. The van der Waals surface area contributed by atoms with Crippen molar-refractivity contribution in [3.8, 4) is 5.75 Å². The Kier molecular flexibility index (Phi) is 2.59. The number of halogens is 3. The molecule has 0 unspecified atom stereocenters. The van der Waals surface area contributed by atoms with Crippen LogP contribution in [0.2, 0.25) is 5.02 Å². The lowest BCUT2D eigenvalue weighted by atomic mass is 10.5. The lowest BCUT2D eigenvalue weighted by Gasteiger charge is -2.03. The van der Waals surface area contributed by atoms with Crippen LogP contribution >= 0.6 is 11.6 Å². The molecule has 0 aliphatic heterocycles. The topological polar surface area (TPSA) is 22.1 Å². The zero-order valence-electron chi connectivity index (χ0n) is 5.30. The van der Waals surface area contributed by atoms with Gasteiger partial charge in [-0.2, -0.15) is 8.78 Å². The minimum Gasteiger partial charge on any atom is -0.432 e. The SMILES string of the molecule is FC(F)Oc1cnccc1Cl. The largest absolute Gasteiger partial charge is 0.432 e. The van der Waals surface area contributed by atoms with E-state index in [0.717, 1.165) is 6.20 Å². The third-order valence-corrected chi connectivity index (χ3v) is 1.26. The van der Waals surface area contributed by atoms with Crippen molar-refractivity contribution >= 4 is 11.6 Å². The predicted octanol–water partition coefficient (Wildman–Crippen LogP) is 2.34. The smallest absolute Gasteiger partial charge is 0.387 e. The summed E-state index contributed by atoms with van der Waals surface area (Å²) >= 11 is 5.47. The van der Waals surface area contributed by atoms with E-state index in [1.54, 1.807) is 0 Å². The number of ether oxygens (including phenoxy) is 1. The van der Waals surface area contributed by atoms with Gasteiger partial charge in [-0.15, -0.1) is 0 Å². The second-order valence-electron chi connectivity index (χ2n) is 1.68. The van der Waals surface area contributed by atoms with Gasteiger partial charge in [0.1, 0.15) is 0 Å². The Hall–Kier alpha value is -0.900. The van der Waals surface area contributed by atoms with Crippen molar-refractivity contribution < 1.29 is 13.5 Å². The van der Waals surface area contributed by atoms with E-state index < -0.39 is 6.61 Å². The summed E-state index contributed by atoms with van der Waals surface area (Å²) in [4.78, 5) is 3.56. The number of hydrogen-bond donors (Lipinski definition) is 0. The summed E-state index contributed by atoms with van der Waals surface area (Å²) in [5.74, 6) is -0.107. The van der Waals surface area contributed by atoms with Gasteiger partial charge in [0.05, 0.1) is 11.2 Å². The number of nitrogens with zero attached hydrogens (tertiary/aromatic N) is 1. The Morgan fingerprint density at radius 2 is 2.27 bits per heavy atom. The van der Waals surface area contributed by atoms with E-state index >= 15 is 0 Å². The molecule has 11 heavy (non-hydrogen) atoms. The third-order valence-electron chi connectivity index (χ3n) is 0.950. The minimum atomic E-state index is -2.86. The van der Waals surface area contributed by atoms with Gasteiger partial charge in [0.2, 0.25) is 0 Å².